The smallest absolute Gasteiger partial charge is 0.230 e. The summed E-state index contributed by atoms with van der Waals surface area (Å²) in [5.41, 5.74) is 5.49. The van der Waals surface area contributed by atoms with Crippen LogP contribution in [-0.4, -0.2) is 55.9 Å². The maximum atomic E-state index is 12.8. The highest BCUT2D eigenvalue weighted by Crippen LogP contribution is 2.29. The second-order valence-corrected chi connectivity index (χ2v) is 5.90. The highest BCUT2D eigenvalue weighted by atomic mass is 16.5. The molecule has 2 rings (SSSR count). The van der Waals surface area contributed by atoms with Gasteiger partial charge in [0.15, 0.2) is 0 Å². The standard InChI is InChI=1S/C15H28N2O3/c1-3-15(4-2,11-16)14(18)17-7-9-20-13(10-17)12-6-5-8-19-12/h12-13H,3-11,16H2,1-2H3/t12-,13-/m0/s1. The molecule has 0 bridgehead atoms. The molecule has 0 saturated carbocycles. The molecule has 5 nitrogen and oxygen atoms in total. The molecule has 0 aromatic heterocycles. The predicted molar refractivity (Wildman–Crippen MR) is 77.4 cm³/mol. The van der Waals surface area contributed by atoms with Crippen LogP contribution in [0.3, 0.4) is 0 Å². The quantitative estimate of drug-likeness (QED) is 0.823. The lowest BCUT2D eigenvalue weighted by molar-refractivity contribution is -0.155. The second kappa shape index (κ2) is 6.87. The first-order chi connectivity index (χ1) is 9.66. The maximum Gasteiger partial charge on any atom is 0.230 e. The SMILES string of the molecule is CCC(CC)(CN)C(=O)N1CCO[C@H]([C@@H]2CCCO2)C1. The molecule has 0 aliphatic carbocycles. The van der Waals surface area contributed by atoms with Crippen LogP contribution < -0.4 is 5.73 Å². The molecule has 2 aliphatic rings. The zero-order chi connectivity index (χ0) is 14.6. The normalized spacial score (nSPS) is 27.9. The van der Waals surface area contributed by atoms with E-state index in [4.69, 9.17) is 15.2 Å². The van der Waals surface area contributed by atoms with Gasteiger partial charge >= 0.3 is 0 Å². The summed E-state index contributed by atoms with van der Waals surface area (Å²) in [7, 11) is 0. The summed E-state index contributed by atoms with van der Waals surface area (Å²) in [6.45, 7) is 7.24. The fourth-order valence-electron chi connectivity index (χ4n) is 3.24. The van der Waals surface area contributed by atoms with Crippen molar-refractivity contribution in [3.05, 3.63) is 0 Å². The number of hydrogen-bond donors (Lipinski definition) is 1. The van der Waals surface area contributed by atoms with E-state index in [0.29, 0.717) is 26.2 Å². The third kappa shape index (κ3) is 3.00. The number of ether oxygens (including phenoxy) is 2. The van der Waals surface area contributed by atoms with Gasteiger partial charge in [0.05, 0.1) is 18.1 Å². The molecule has 2 heterocycles. The molecular weight excluding hydrogens is 256 g/mol. The number of amides is 1. The average molecular weight is 284 g/mol. The van der Waals surface area contributed by atoms with E-state index in [9.17, 15) is 4.79 Å². The lowest BCUT2D eigenvalue weighted by atomic mass is 9.80. The van der Waals surface area contributed by atoms with Gasteiger partial charge in [-0.15, -0.1) is 0 Å². The van der Waals surface area contributed by atoms with Crippen molar-refractivity contribution in [2.75, 3.05) is 32.8 Å². The van der Waals surface area contributed by atoms with Gasteiger partial charge in [0.1, 0.15) is 6.10 Å². The predicted octanol–water partition coefficient (Wildman–Crippen LogP) is 1.16. The minimum atomic E-state index is -0.404. The van der Waals surface area contributed by atoms with E-state index in [1.54, 1.807) is 0 Å². The summed E-state index contributed by atoms with van der Waals surface area (Å²) in [4.78, 5) is 14.8. The minimum absolute atomic E-state index is 0.0272. The van der Waals surface area contributed by atoms with E-state index in [1.807, 2.05) is 18.7 Å². The molecule has 0 aromatic carbocycles. The van der Waals surface area contributed by atoms with Gasteiger partial charge in [0, 0.05) is 26.2 Å². The van der Waals surface area contributed by atoms with E-state index in [1.165, 1.54) is 0 Å². The fraction of sp³-hybridized carbons (Fsp3) is 0.933. The lowest BCUT2D eigenvalue weighted by Crippen LogP contribution is -2.55. The van der Waals surface area contributed by atoms with Crippen molar-refractivity contribution in [2.45, 2.75) is 51.7 Å². The van der Waals surface area contributed by atoms with Crippen LogP contribution in [0.4, 0.5) is 0 Å². The van der Waals surface area contributed by atoms with E-state index >= 15 is 0 Å². The summed E-state index contributed by atoms with van der Waals surface area (Å²) in [5, 5.41) is 0. The van der Waals surface area contributed by atoms with Gasteiger partial charge in [-0.2, -0.15) is 0 Å². The molecule has 2 atom stereocenters. The Labute approximate surface area is 121 Å². The van der Waals surface area contributed by atoms with Crippen molar-refractivity contribution in [3.63, 3.8) is 0 Å². The van der Waals surface area contributed by atoms with Crippen molar-refractivity contribution in [2.24, 2.45) is 11.1 Å². The van der Waals surface area contributed by atoms with Gasteiger partial charge in [0.25, 0.3) is 0 Å². The van der Waals surface area contributed by atoms with Crippen LogP contribution in [0.25, 0.3) is 0 Å². The summed E-state index contributed by atoms with van der Waals surface area (Å²) < 4.78 is 11.5. The largest absolute Gasteiger partial charge is 0.375 e. The Kier molecular flexibility index (Phi) is 5.41. The Hall–Kier alpha value is -0.650. The van der Waals surface area contributed by atoms with E-state index in [0.717, 1.165) is 32.3 Å². The van der Waals surface area contributed by atoms with Gasteiger partial charge in [-0.3, -0.25) is 4.79 Å². The molecule has 0 radical (unpaired) electrons. The van der Waals surface area contributed by atoms with Crippen molar-refractivity contribution in [3.8, 4) is 0 Å². The Balaban J connectivity index is 2.02. The van der Waals surface area contributed by atoms with Gasteiger partial charge in [-0.25, -0.2) is 0 Å². The molecule has 2 saturated heterocycles. The van der Waals surface area contributed by atoms with Crippen LogP contribution >= 0.6 is 0 Å². The zero-order valence-electron chi connectivity index (χ0n) is 12.8. The molecule has 2 N–H and O–H groups in total. The van der Waals surface area contributed by atoms with Crippen molar-refractivity contribution in [1.82, 2.24) is 4.90 Å². The first kappa shape index (κ1) is 15.7. The van der Waals surface area contributed by atoms with E-state index in [2.05, 4.69) is 0 Å². The summed E-state index contributed by atoms with van der Waals surface area (Å²) in [5.74, 6) is 0.191. The molecule has 0 aromatic rings. The highest BCUT2D eigenvalue weighted by Gasteiger charge is 2.40. The number of nitrogens with two attached hydrogens (primary N) is 1. The fourth-order valence-corrected chi connectivity index (χ4v) is 3.24. The Morgan fingerprint density at radius 3 is 2.50 bits per heavy atom. The van der Waals surface area contributed by atoms with Gasteiger partial charge < -0.3 is 20.1 Å². The number of carbonyl (C=O) groups is 1. The van der Waals surface area contributed by atoms with Gasteiger partial charge in [-0.1, -0.05) is 13.8 Å². The van der Waals surface area contributed by atoms with Gasteiger partial charge in [0.2, 0.25) is 5.91 Å². The Bertz CT molecular complexity index is 317. The van der Waals surface area contributed by atoms with Crippen molar-refractivity contribution < 1.29 is 14.3 Å². The molecule has 1 amide bonds. The molecule has 0 spiro atoms. The van der Waals surface area contributed by atoms with Crippen molar-refractivity contribution >= 4 is 5.91 Å². The van der Waals surface area contributed by atoms with Crippen LogP contribution in [0, 0.1) is 5.41 Å². The van der Waals surface area contributed by atoms with Crippen molar-refractivity contribution in [1.29, 1.82) is 0 Å². The molecule has 2 fully saturated rings. The topological polar surface area (TPSA) is 64.8 Å². The van der Waals surface area contributed by atoms with Crippen LogP contribution in [0.2, 0.25) is 0 Å². The number of nitrogens with zero attached hydrogens (tertiary/aromatic N) is 1. The van der Waals surface area contributed by atoms with E-state index in [-0.39, 0.29) is 18.1 Å². The monoisotopic (exact) mass is 284 g/mol. The molecule has 20 heavy (non-hydrogen) atoms. The lowest BCUT2D eigenvalue weighted by Gasteiger charge is -2.40. The first-order valence-electron chi connectivity index (χ1n) is 7.89. The summed E-state index contributed by atoms with van der Waals surface area (Å²) >= 11 is 0. The molecule has 5 heteroatoms. The maximum absolute atomic E-state index is 12.8. The third-order valence-corrected chi connectivity index (χ3v) is 4.96. The number of hydrogen-bond acceptors (Lipinski definition) is 4. The van der Waals surface area contributed by atoms with Crippen LogP contribution in [0.15, 0.2) is 0 Å². The molecule has 2 aliphatic heterocycles. The van der Waals surface area contributed by atoms with Crippen LogP contribution in [0.1, 0.15) is 39.5 Å². The Morgan fingerprint density at radius 1 is 1.25 bits per heavy atom. The average Bonchev–Trinajstić information content (AvgIpc) is 3.04. The van der Waals surface area contributed by atoms with Crippen LogP contribution in [-0.2, 0) is 14.3 Å². The summed E-state index contributed by atoms with van der Waals surface area (Å²) in [6, 6.07) is 0. The van der Waals surface area contributed by atoms with Gasteiger partial charge in [-0.05, 0) is 25.7 Å². The summed E-state index contributed by atoms with van der Waals surface area (Å²) in [6.07, 6.45) is 3.90. The van der Waals surface area contributed by atoms with Crippen LogP contribution in [0.5, 0.6) is 0 Å². The molecule has 116 valence electrons. The second-order valence-electron chi connectivity index (χ2n) is 5.90. The number of carbonyl (C=O) groups excluding carboxylic acids is 1. The molecule has 0 unspecified atom stereocenters. The van der Waals surface area contributed by atoms with E-state index < -0.39 is 5.41 Å². The minimum Gasteiger partial charge on any atom is -0.375 e. The zero-order valence-corrected chi connectivity index (χ0v) is 12.8. The highest BCUT2D eigenvalue weighted by molar-refractivity contribution is 5.83. The first-order valence-corrected chi connectivity index (χ1v) is 7.89. The third-order valence-electron chi connectivity index (χ3n) is 4.96. The number of morpholine rings is 1. The number of rotatable bonds is 5. The Morgan fingerprint density at radius 2 is 1.95 bits per heavy atom. The molecular formula is C15H28N2O3.